The zero-order valence-electron chi connectivity index (χ0n) is 14.7. The summed E-state index contributed by atoms with van der Waals surface area (Å²) in [6, 6.07) is 0. The third-order valence-corrected chi connectivity index (χ3v) is 9.44. The topological polar surface area (TPSA) is 35.5 Å². The number of allylic oxidation sites excluding steroid dienone is 1. The molecule has 3 nitrogen and oxygen atoms in total. The molecule has 0 aromatic heterocycles. The highest BCUT2D eigenvalue weighted by Crippen LogP contribution is 2.46. The van der Waals surface area contributed by atoms with Crippen LogP contribution in [0.5, 0.6) is 0 Å². The molecule has 4 heteroatoms. The summed E-state index contributed by atoms with van der Waals surface area (Å²) >= 11 is 0. The fraction of sp³-hybridized carbons (Fsp3) is 0.824. The first kappa shape index (κ1) is 18.4. The Morgan fingerprint density at radius 3 is 2.52 bits per heavy atom. The van der Waals surface area contributed by atoms with Gasteiger partial charge in [-0.05, 0) is 49.2 Å². The average Bonchev–Trinajstić information content (AvgIpc) is 3.12. The summed E-state index contributed by atoms with van der Waals surface area (Å²) in [5, 5.41) is 0.271. The molecule has 1 aliphatic rings. The highest BCUT2D eigenvalue weighted by molar-refractivity contribution is 6.74. The quantitative estimate of drug-likeness (QED) is 0.397. The van der Waals surface area contributed by atoms with Crippen LogP contribution in [-0.4, -0.2) is 27.5 Å². The van der Waals surface area contributed by atoms with E-state index in [4.69, 9.17) is 9.16 Å². The van der Waals surface area contributed by atoms with Crippen LogP contribution >= 0.6 is 0 Å². The Kier molecular flexibility index (Phi) is 6.23. The van der Waals surface area contributed by atoms with Gasteiger partial charge in [0.05, 0.1) is 6.61 Å². The van der Waals surface area contributed by atoms with Crippen molar-refractivity contribution < 1.29 is 14.0 Å². The minimum Gasteiger partial charge on any atom is -0.463 e. The summed E-state index contributed by atoms with van der Waals surface area (Å²) in [5.74, 6) is 1.49. The van der Waals surface area contributed by atoms with E-state index in [0.717, 1.165) is 6.61 Å². The van der Waals surface area contributed by atoms with Crippen molar-refractivity contribution >= 4 is 14.3 Å². The van der Waals surface area contributed by atoms with Crippen LogP contribution in [0.25, 0.3) is 0 Å². The summed E-state index contributed by atoms with van der Waals surface area (Å²) in [6.07, 6.45) is 4.76. The highest BCUT2D eigenvalue weighted by atomic mass is 28.4. The maximum Gasteiger partial charge on any atom is 0.330 e. The number of hydrogen-bond acceptors (Lipinski definition) is 3. The van der Waals surface area contributed by atoms with E-state index < -0.39 is 8.32 Å². The number of ether oxygens (including phenoxy) is 1. The molecule has 0 heterocycles. The Morgan fingerprint density at radius 1 is 1.38 bits per heavy atom. The molecule has 21 heavy (non-hydrogen) atoms. The van der Waals surface area contributed by atoms with Gasteiger partial charge in [0.1, 0.15) is 0 Å². The molecule has 1 saturated carbocycles. The van der Waals surface area contributed by atoms with Crippen LogP contribution in [0.2, 0.25) is 18.1 Å². The second kappa shape index (κ2) is 7.10. The number of rotatable bonds is 7. The van der Waals surface area contributed by atoms with E-state index in [1.807, 2.05) is 13.0 Å². The van der Waals surface area contributed by atoms with Crippen LogP contribution in [0.15, 0.2) is 12.2 Å². The van der Waals surface area contributed by atoms with Crippen LogP contribution < -0.4 is 0 Å². The summed E-state index contributed by atoms with van der Waals surface area (Å²) < 4.78 is 11.2. The molecule has 0 unspecified atom stereocenters. The minimum atomic E-state index is -1.63. The molecule has 0 radical (unpaired) electrons. The van der Waals surface area contributed by atoms with E-state index in [9.17, 15) is 4.79 Å². The molecule has 3 atom stereocenters. The summed E-state index contributed by atoms with van der Waals surface area (Å²) in [6.45, 7) is 16.7. The number of carbonyl (C=O) groups excluding carboxylic acids is 1. The van der Waals surface area contributed by atoms with Crippen LogP contribution in [0.1, 0.15) is 41.0 Å². The molecule has 0 saturated heterocycles. The lowest BCUT2D eigenvalue weighted by Crippen LogP contribution is -2.41. The van der Waals surface area contributed by atoms with E-state index in [2.05, 4.69) is 40.8 Å². The Balaban J connectivity index is 2.36. The lowest BCUT2D eigenvalue weighted by molar-refractivity contribution is -0.137. The van der Waals surface area contributed by atoms with Gasteiger partial charge in [-0.1, -0.05) is 33.8 Å². The molecule has 1 aliphatic carbocycles. The first-order chi connectivity index (χ1) is 9.58. The monoisotopic (exact) mass is 312 g/mol. The maximum atomic E-state index is 11.3. The first-order valence-electron chi connectivity index (χ1n) is 8.07. The third-order valence-electron chi connectivity index (χ3n) is 4.94. The Bertz CT molecular complexity index is 382. The second-order valence-electron chi connectivity index (χ2n) is 7.70. The Labute approximate surface area is 131 Å². The molecule has 0 spiro atoms. The van der Waals surface area contributed by atoms with Crippen LogP contribution in [0.3, 0.4) is 0 Å². The molecule has 122 valence electrons. The number of carbonyl (C=O) groups is 1. The zero-order valence-corrected chi connectivity index (χ0v) is 15.7. The van der Waals surface area contributed by atoms with Crippen molar-refractivity contribution in [2.45, 2.75) is 59.2 Å². The van der Waals surface area contributed by atoms with Crippen molar-refractivity contribution in [1.82, 2.24) is 0 Å². The van der Waals surface area contributed by atoms with Crippen LogP contribution in [0, 0.1) is 17.8 Å². The van der Waals surface area contributed by atoms with E-state index in [-0.39, 0.29) is 11.0 Å². The van der Waals surface area contributed by atoms with Gasteiger partial charge in [0.25, 0.3) is 0 Å². The zero-order chi connectivity index (χ0) is 16.3. The summed E-state index contributed by atoms with van der Waals surface area (Å²) in [5.41, 5.74) is 0. The van der Waals surface area contributed by atoms with E-state index in [1.165, 1.54) is 6.42 Å². The molecular formula is C17H32O3Si. The smallest absolute Gasteiger partial charge is 0.330 e. The van der Waals surface area contributed by atoms with Gasteiger partial charge in [0.2, 0.25) is 0 Å². The van der Waals surface area contributed by atoms with Crippen LogP contribution in [-0.2, 0) is 14.0 Å². The standard InChI is InChI=1S/C17H32O3Si/c1-8-19-16(18)10-9-13(2)15-11-14(15)12-20-21(6,7)17(3,4)5/h9-10,13-15H,8,11-12H2,1-7H3/b10-9+/t13-,14+,15-/m1/s1. The van der Waals surface area contributed by atoms with Gasteiger partial charge in [0.15, 0.2) is 8.32 Å². The van der Waals surface area contributed by atoms with Gasteiger partial charge < -0.3 is 9.16 Å². The van der Waals surface area contributed by atoms with Crippen molar-refractivity contribution in [2.75, 3.05) is 13.2 Å². The average molecular weight is 313 g/mol. The van der Waals surface area contributed by atoms with Crippen molar-refractivity contribution in [2.24, 2.45) is 17.8 Å². The minimum absolute atomic E-state index is 0.237. The fourth-order valence-electron chi connectivity index (χ4n) is 2.20. The normalized spacial score (nSPS) is 24.1. The molecule has 0 N–H and O–H groups in total. The van der Waals surface area contributed by atoms with Crippen molar-refractivity contribution in [3.05, 3.63) is 12.2 Å². The largest absolute Gasteiger partial charge is 0.463 e. The number of hydrogen-bond donors (Lipinski definition) is 0. The lowest BCUT2D eigenvalue weighted by atomic mass is 10.0. The van der Waals surface area contributed by atoms with Gasteiger partial charge in [-0.15, -0.1) is 0 Å². The first-order valence-corrected chi connectivity index (χ1v) is 11.0. The molecule has 0 amide bonds. The van der Waals surface area contributed by atoms with E-state index >= 15 is 0 Å². The van der Waals surface area contributed by atoms with Gasteiger partial charge in [-0.2, -0.15) is 0 Å². The lowest BCUT2D eigenvalue weighted by Gasteiger charge is -2.36. The highest BCUT2D eigenvalue weighted by Gasteiger charge is 2.43. The maximum absolute atomic E-state index is 11.3. The number of esters is 1. The SMILES string of the molecule is CCOC(=O)/C=C/[C@@H](C)[C@H]1C[C@H]1CO[Si](C)(C)C(C)(C)C. The summed E-state index contributed by atoms with van der Waals surface area (Å²) in [4.78, 5) is 11.3. The van der Waals surface area contributed by atoms with Crippen molar-refractivity contribution in [3.8, 4) is 0 Å². The molecule has 0 bridgehead atoms. The fourth-order valence-corrected chi connectivity index (χ4v) is 3.27. The molecular weight excluding hydrogens is 280 g/mol. The molecule has 0 aliphatic heterocycles. The van der Waals surface area contributed by atoms with E-state index in [0.29, 0.717) is 24.4 Å². The molecule has 1 fully saturated rings. The van der Waals surface area contributed by atoms with Crippen molar-refractivity contribution in [1.29, 1.82) is 0 Å². The van der Waals surface area contributed by atoms with Crippen LogP contribution in [0.4, 0.5) is 0 Å². The second-order valence-corrected chi connectivity index (χ2v) is 12.5. The predicted molar refractivity (Wildman–Crippen MR) is 89.7 cm³/mol. The Hall–Kier alpha value is -0.613. The van der Waals surface area contributed by atoms with Gasteiger partial charge in [-0.3, -0.25) is 0 Å². The van der Waals surface area contributed by atoms with Gasteiger partial charge in [-0.25, -0.2) is 4.79 Å². The van der Waals surface area contributed by atoms with E-state index in [1.54, 1.807) is 6.08 Å². The molecule has 0 aromatic rings. The molecule has 0 aromatic carbocycles. The predicted octanol–water partition coefficient (Wildman–Crippen LogP) is 4.40. The Morgan fingerprint density at radius 2 is 2.00 bits per heavy atom. The molecule has 1 rings (SSSR count). The van der Waals surface area contributed by atoms with Crippen molar-refractivity contribution in [3.63, 3.8) is 0 Å². The van der Waals surface area contributed by atoms with Gasteiger partial charge in [0, 0.05) is 12.7 Å². The third kappa shape index (κ3) is 5.59. The summed E-state index contributed by atoms with van der Waals surface area (Å²) in [7, 11) is -1.63. The van der Waals surface area contributed by atoms with Gasteiger partial charge >= 0.3 is 5.97 Å².